The first-order valence-corrected chi connectivity index (χ1v) is 14.7. The number of hydrogen-bond donors (Lipinski definition) is 4. The molecule has 2 aromatic heterocycles. The molecule has 40 heavy (non-hydrogen) atoms. The number of nitrogens with two attached hydrogens (primary N) is 1. The van der Waals surface area contributed by atoms with Crippen molar-refractivity contribution >= 4 is 25.1 Å². The Morgan fingerprint density at radius 3 is 2.60 bits per heavy atom. The van der Waals surface area contributed by atoms with E-state index in [0.717, 1.165) is 12.8 Å². The maximum absolute atomic E-state index is 13.8. The van der Waals surface area contributed by atoms with Gasteiger partial charge < -0.3 is 29.9 Å². The van der Waals surface area contributed by atoms with Gasteiger partial charge >= 0.3 is 13.7 Å². The number of nitrogens with one attached hydrogen (secondary N) is 1. The van der Waals surface area contributed by atoms with Crippen LogP contribution in [-0.2, 0) is 23.4 Å². The molecule has 0 aliphatic carbocycles. The maximum Gasteiger partial charge on any atom is 0.459 e. The number of esters is 1. The van der Waals surface area contributed by atoms with E-state index in [1.807, 2.05) is 13.8 Å². The van der Waals surface area contributed by atoms with E-state index in [-0.39, 0.29) is 24.1 Å². The molecule has 13 nitrogen and oxygen atoms in total. The molecule has 5 N–H and O–H groups in total. The van der Waals surface area contributed by atoms with E-state index in [2.05, 4.69) is 15.2 Å². The molecule has 0 amide bonds. The highest BCUT2D eigenvalue weighted by Crippen LogP contribution is 2.46. The summed E-state index contributed by atoms with van der Waals surface area (Å²) in [5.74, 6) is 0.0904. The zero-order chi connectivity index (χ0) is 28.9. The minimum absolute atomic E-state index is 0.223. The lowest BCUT2D eigenvalue weighted by Crippen LogP contribution is -2.37. The number of nitrogens with zero attached hydrogens (tertiary/aromatic N) is 3. The molecular formula is C26H36N5O8P. The number of hydrogen-bond acceptors (Lipinski definition) is 11. The number of aliphatic hydroxyl groups is 2. The summed E-state index contributed by atoms with van der Waals surface area (Å²) in [6.45, 7) is 5.34. The van der Waals surface area contributed by atoms with Gasteiger partial charge in [-0.3, -0.25) is 9.32 Å². The quantitative estimate of drug-likeness (QED) is 0.173. The molecule has 1 aliphatic rings. The Labute approximate surface area is 232 Å². The topological polar surface area (TPSA) is 180 Å². The van der Waals surface area contributed by atoms with Gasteiger partial charge in [0.1, 0.15) is 48.1 Å². The molecule has 1 aromatic carbocycles. The Hall–Kier alpha value is -3.06. The highest BCUT2D eigenvalue weighted by atomic mass is 31.2. The first-order valence-electron chi connectivity index (χ1n) is 13.2. The average molecular weight is 578 g/mol. The zero-order valence-corrected chi connectivity index (χ0v) is 23.5. The molecule has 3 heterocycles. The SMILES string of the molecule is CCC(CC)COC(=O)[C@H](C)NP(=O)(OC[C@H]1O[C@@H](c2ccc3c(N)ncnn23)[C@H](O)[C@@H]1O)Oc1ccccc1. The van der Waals surface area contributed by atoms with Crippen LogP contribution in [0.4, 0.5) is 5.82 Å². The number of rotatable bonds is 13. The lowest BCUT2D eigenvalue weighted by molar-refractivity contribution is -0.146. The molecule has 1 aliphatic heterocycles. The fourth-order valence-electron chi connectivity index (χ4n) is 4.34. The van der Waals surface area contributed by atoms with Crippen molar-refractivity contribution in [1.82, 2.24) is 19.7 Å². The lowest BCUT2D eigenvalue weighted by Gasteiger charge is -2.25. The fraction of sp³-hybridized carbons (Fsp3) is 0.500. The van der Waals surface area contributed by atoms with Gasteiger partial charge in [0, 0.05) is 0 Å². The van der Waals surface area contributed by atoms with Gasteiger partial charge in [0.15, 0.2) is 5.82 Å². The highest BCUT2D eigenvalue weighted by molar-refractivity contribution is 7.52. The van der Waals surface area contributed by atoms with E-state index in [4.69, 9.17) is 24.3 Å². The minimum Gasteiger partial charge on any atom is -0.464 e. The molecule has 3 aromatic rings. The summed E-state index contributed by atoms with van der Waals surface area (Å²) < 4.78 is 37.9. The van der Waals surface area contributed by atoms with Gasteiger partial charge in [0.05, 0.1) is 18.9 Å². The highest BCUT2D eigenvalue weighted by Gasteiger charge is 2.46. The van der Waals surface area contributed by atoms with Crippen molar-refractivity contribution in [3.8, 4) is 5.75 Å². The van der Waals surface area contributed by atoms with Crippen LogP contribution in [0.2, 0.25) is 0 Å². The monoisotopic (exact) mass is 577 g/mol. The summed E-state index contributed by atoms with van der Waals surface area (Å²) in [6, 6.07) is 10.6. The summed E-state index contributed by atoms with van der Waals surface area (Å²) in [4.78, 5) is 16.6. The van der Waals surface area contributed by atoms with Crippen molar-refractivity contribution in [3.05, 3.63) is 54.5 Å². The number of nitrogen functional groups attached to an aromatic ring is 1. The Balaban J connectivity index is 1.46. The fourth-order valence-corrected chi connectivity index (χ4v) is 5.84. The predicted molar refractivity (Wildman–Crippen MR) is 145 cm³/mol. The van der Waals surface area contributed by atoms with Crippen molar-refractivity contribution in [3.63, 3.8) is 0 Å². The normalized spacial score (nSPS) is 23.2. The van der Waals surface area contributed by atoms with Crippen LogP contribution in [0.3, 0.4) is 0 Å². The van der Waals surface area contributed by atoms with E-state index in [9.17, 15) is 19.6 Å². The first kappa shape index (κ1) is 29.9. The third-order valence-corrected chi connectivity index (χ3v) is 8.51. The molecule has 0 spiro atoms. The predicted octanol–water partition coefficient (Wildman–Crippen LogP) is 2.63. The van der Waals surface area contributed by atoms with Gasteiger partial charge in [-0.15, -0.1) is 0 Å². The second-order valence-electron chi connectivity index (χ2n) is 9.64. The molecule has 0 bridgehead atoms. The lowest BCUT2D eigenvalue weighted by atomic mass is 10.1. The summed E-state index contributed by atoms with van der Waals surface area (Å²) >= 11 is 0. The van der Waals surface area contributed by atoms with Crippen molar-refractivity contribution in [2.24, 2.45) is 5.92 Å². The van der Waals surface area contributed by atoms with Crippen molar-refractivity contribution in [2.45, 2.75) is 64.1 Å². The zero-order valence-electron chi connectivity index (χ0n) is 22.6. The first-order chi connectivity index (χ1) is 19.2. The number of aliphatic hydroxyl groups excluding tert-OH is 2. The Bertz CT molecular complexity index is 1320. The summed E-state index contributed by atoms with van der Waals surface area (Å²) in [5.41, 5.74) is 6.85. The van der Waals surface area contributed by atoms with Gasteiger partial charge in [-0.25, -0.2) is 14.1 Å². The van der Waals surface area contributed by atoms with Crippen LogP contribution in [-0.4, -0.2) is 68.3 Å². The van der Waals surface area contributed by atoms with Crippen LogP contribution in [0, 0.1) is 5.92 Å². The number of anilines is 1. The van der Waals surface area contributed by atoms with E-state index in [1.165, 1.54) is 17.8 Å². The van der Waals surface area contributed by atoms with Crippen molar-refractivity contribution in [2.75, 3.05) is 18.9 Å². The number of fused-ring (bicyclic) bond motifs is 1. The van der Waals surface area contributed by atoms with E-state index < -0.39 is 50.8 Å². The van der Waals surface area contributed by atoms with Crippen LogP contribution in [0.25, 0.3) is 5.52 Å². The number of benzene rings is 1. The summed E-state index contributed by atoms with van der Waals surface area (Å²) in [5, 5.41) is 28.3. The molecule has 0 radical (unpaired) electrons. The Morgan fingerprint density at radius 1 is 1.18 bits per heavy atom. The number of para-hydroxylation sites is 1. The van der Waals surface area contributed by atoms with Crippen LogP contribution in [0.5, 0.6) is 5.75 Å². The molecule has 0 saturated carbocycles. The Kier molecular flexibility index (Phi) is 9.77. The van der Waals surface area contributed by atoms with Gasteiger partial charge in [-0.05, 0) is 37.1 Å². The third-order valence-electron chi connectivity index (χ3n) is 6.86. The Morgan fingerprint density at radius 2 is 1.90 bits per heavy atom. The second-order valence-corrected chi connectivity index (χ2v) is 11.3. The van der Waals surface area contributed by atoms with E-state index >= 15 is 0 Å². The van der Waals surface area contributed by atoms with Crippen molar-refractivity contribution < 1.29 is 38.1 Å². The minimum atomic E-state index is -4.20. The molecule has 6 atom stereocenters. The molecular weight excluding hydrogens is 541 g/mol. The molecule has 14 heteroatoms. The largest absolute Gasteiger partial charge is 0.464 e. The van der Waals surface area contributed by atoms with Gasteiger partial charge in [-0.2, -0.15) is 10.2 Å². The molecule has 1 unspecified atom stereocenters. The van der Waals surface area contributed by atoms with Crippen molar-refractivity contribution in [1.29, 1.82) is 0 Å². The maximum atomic E-state index is 13.8. The molecule has 1 fully saturated rings. The van der Waals surface area contributed by atoms with Gasteiger partial charge in [-0.1, -0.05) is 44.9 Å². The molecule has 218 valence electrons. The van der Waals surface area contributed by atoms with Gasteiger partial charge in [0.2, 0.25) is 0 Å². The summed E-state index contributed by atoms with van der Waals surface area (Å²) in [6.07, 6.45) is -1.81. The number of carbonyl (C=O) groups is 1. The van der Waals surface area contributed by atoms with Crippen LogP contribution in [0.1, 0.15) is 45.4 Å². The van der Waals surface area contributed by atoms with Crippen LogP contribution in [0.15, 0.2) is 48.8 Å². The number of aromatic nitrogens is 3. The van der Waals surface area contributed by atoms with E-state index in [0.29, 0.717) is 11.2 Å². The smallest absolute Gasteiger partial charge is 0.459 e. The standard InChI is InChI=1S/C26H36N5O8P/c1-4-17(5-2)13-36-26(34)16(3)30-40(35,39-18-9-7-6-8-10-18)37-14-21-22(32)23(33)24(38-21)19-11-12-20-25(27)28-15-29-31(19)20/h6-12,15-17,21-24,32-33H,4-5,13-14H2,1-3H3,(H,30,35)(H2,27,28,29)/t16-,21+,22+,23+,24-,40?/m0/s1. The van der Waals surface area contributed by atoms with Gasteiger partial charge in [0.25, 0.3) is 0 Å². The van der Waals surface area contributed by atoms with Crippen LogP contribution >= 0.6 is 7.75 Å². The number of ether oxygens (including phenoxy) is 2. The molecule has 1 saturated heterocycles. The molecule has 4 rings (SSSR count). The van der Waals surface area contributed by atoms with E-state index in [1.54, 1.807) is 42.5 Å². The third kappa shape index (κ3) is 6.80. The summed E-state index contributed by atoms with van der Waals surface area (Å²) in [7, 11) is -4.20. The number of carbonyl (C=O) groups excluding carboxylic acids is 1. The second kappa shape index (κ2) is 13.1. The average Bonchev–Trinajstić information content (AvgIpc) is 3.50. The van der Waals surface area contributed by atoms with Crippen LogP contribution < -0.4 is 15.3 Å².